The Morgan fingerprint density at radius 3 is 1.68 bits per heavy atom. The molecule has 0 unspecified atom stereocenters. The Balaban J connectivity index is 1.16. The van der Waals surface area contributed by atoms with Crippen molar-refractivity contribution in [2.45, 2.75) is 0 Å². The van der Waals surface area contributed by atoms with E-state index in [-0.39, 0.29) is 0 Å². The Labute approximate surface area is 270 Å². The van der Waals surface area contributed by atoms with Crippen molar-refractivity contribution in [2.75, 3.05) is 0 Å². The van der Waals surface area contributed by atoms with Crippen LogP contribution >= 0.6 is 0 Å². The topological polar surface area (TPSA) is 64.7 Å². The molecule has 0 radical (unpaired) electrons. The molecule has 0 atom stereocenters. The second kappa shape index (κ2) is 11.2. The fraction of sp³-hybridized carbons (Fsp3) is 0. The van der Waals surface area contributed by atoms with Gasteiger partial charge in [-0.25, -0.2) is 15.0 Å². The summed E-state index contributed by atoms with van der Waals surface area (Å²) in [4.78, 5) is 19.8. The van der Waals surface area contributed by atoms with Crippen molar-refractivity contribution in [3.63, 3.8) is 0 Å². The lowest BCUT2D eigenvalue weighted by atomic mass is 9.99. The highest BCUT2D eigenvalue weighted by atomic mass is 16.3. The average molecular weight is 603 g/mol. The van der Waals surface area contributed by atoms with Crippen molar-refractivity contribution >= 4 is 32.7 Å². The highest BCUT2D eigenvalue weighted by molar-refractivity contribution is 6.10. The van der Waals surface area contributed by atoms with Crippen LogP contribution < -0.4 is 0 Å². The molecule has 0 saturated carbocycles. The number of furan rings is 1. The van der Waals surface area contributed by atoms with Crippen molar-refractivity contribution < 1.29 is 4.42 Å². The van der Waals surface area contributed by atoms with Crippen molar-refractivity contribution in [3.8, 4) is 56.5 Å². The number of fused-ring (bicyclic) bond motifs is 4. The predicted octanol–water partition coefficient (Wildman–Crippen LogP) is 10.7. The zero-order chi connectivity index (χ0) is 31.2. The normalized spacial score (nSPS) is 11.4. The summed E-state index contributed by atoms with van der Waals surface area (Å²) in [6.45, 7) is 0. The third kappa shape index (κ3) is 4.91. The minimum atomic E-state index is 0.496. The standard InChI is InChI=1S/C42H26N4O/c1-2-8-27(9-3-1)29-14-16-30(17-15-29)31-18-21-32(22-19-31)40-44-41(34-23-20-28-10-4-5-11-33(28)26-34)46-42(45-40)39-38-35-12-6-7-13-36(35)47-37(38)24-25-43-39/h1-26H. The van der Waals surface area contributed by atoms with Crippen LogP contribution in [0.1, 0.15) is 0 Å². The third-order valence-corrected chi connectivity index (χ3v) is 8.61. The molecule has 0 aliphatic carbocycles. The molecule has 9 aromatic rings. The van der Waals surface area contributed by atoms with Crippen LogP contribution in [0.15, 0.2) is 162 Å². The van der Waals surface area contributed by atoms with Crippen molar-refractivity contribution in [2.24, 2.45) is 0 Å². The summed E-state index contributed by atoms with van der Waals surface area (Å²) in [6, 6.07) is 51.9. The van der Waals surface area contributed by atoms with Crippen LogP contribution in [0.4, 0.5) is 0 Å². The fourth-order valence-electron chi connectivity index (χ4n) is 6.21. The van der Waals surface area contributed by atoms with Gasteiger partial charge >= 0.3 is 0 Å². The maximum atomic E-state index is 6.17. The van der Waals surface area contributed by atoms with Crippen molar-refractivity contribution in [3.05, 3.63) is 158 Å². The van der Waals surface area contributed by atoms with Gasteiger partial charge in [0.15, 0.2) is 17.5 Å². The van der Waals surface area contributed by atoms with Gasteiger partial charge in [-0.3, -0.25) is 4.98 Å². The summed E-state index contributed by atoms with van der Waals surface area (Å²) in [5.41, 5.74) is 8.67. The molecule has 0 amide bonds. The van der Waals surface area contributed by atoms with Gasteiger partial charge in [-0.15, -0.1) is 0 Å². The van der Waals surface area contributed by atoms with Crippen LogP contribution in [0.2, 0.25) is 0 Å². The first-order valence-corrected chi connectivity index (χ1v) is 15.5. The van der Waals surface area contributed by atoms with Gasteiger partial charge in [0, 0.05) is 22.7 Å². The zero-order valence-electron chi connectivity index (χ0n) is 25.2. The second-order valence-corrected chi connectivity index (χ2v) is 11.5. The Morgan fingerprint density at radius 1 is 0.383 bits per heavy atom. The minimum absolute atomic E-state index is 0.496. The summed E-state index contributed by atoms with van der Waals surface area (Å²) in [5, 5.41) is 4.15. The molecule has 5 nitrogen and oxygen atoms in total. The Hall–Kier alpha value is -6.46. The summed E-state index contributed by atoms with van der Waals surface area (Å²) >= 11 is 0. The van der Waals surface area contributed by atoms with E-state index in [9.17, 15) is 0 Å². The second-order valence-electron chi connectivity index (χ2n) is 11.5. The number of benzene rings is 6. The van der Waals surface area contributed by atoms with Gasteiger partial charge in [0.05, 0.1) is 5.39 Å². The Bertz CT molecular complexity index is 2560. The quantitative estimate of drug-likeness (QED) is 0.196. The summed E-state index contributed by atoms with van der Waals surface area (Å²) in [6.07, 6.45) is 1.75. The van der Waals surface area contributed by atoms with E-state index >= 15 is 0 Å². The average Bonchev–Trinajstić information content (AvgIpc) is 3.54. The molecule has 0 bridgehead atoms. The van der Waals surface area contributed by atoms with Gasteiger partial charge in [0.1, 0.15) is 16.9 Å². The Kier molecular flexibility index (Phi) is 6.39. The molecular weight excluding hydrogens is 576 g/mol. The van der Waals surface area contributed by atoms with Gasteiger partial charge in [-0.1, -0.05) is 133 Å². The number of nitrogens with zero attached hydrogens (tertiary/aromatic N) is 4. The molecule has 220 valence electrons. The van der Waals surface area contributed by atoms with E-state index in [1.165, 1.54) is 11.1 Å². The molecular formula is C42H26N4O. The predicted molar refractivity (Wildman–Crippen MR) is 190 cm³/mol. The van der Waals surface area contributed by atoms with E-state index in [0.29, 0.717) is 23.2 Å². The molecule has 47 heavy (non-hydrogen) atoms. The van der Waals surface area contributed by atoms with E-state index < -0.39 is 0 Å². The molecule has 3 heterocycles. The Morgan fingerprint density at radius 2 is 0.936 bits per heavy atom. The van der Waals surface area contributed by atoms with E-state index in [1.54, 1.807) is 6.20 Å². The monoisotopic (exact) mass is 602 g/mol. The number of rotatable bonds is 5. The van der Waals surface area contributed by atoms with Crippen LogP contribution in [0.3, 0.4) is 0 Å². The maximum absolute atomic E-state index is 6.17. The van der Waals surface area contributed by atoms with E-state index in [2.05, 4.69) is 103 Å². The number of aromatic nitrogens is 4. The third-order valence-electron chi connectivity index (χ3n) is 8.61. The molecule has 5 heteroatoms. The fourth-order valence-corrected chi connectivity index (χ4v) is 6.21. The van der Waals surface area contributed by atoms with Gasteiger partial charge in [-0.05, 0) is 51.2 Å². The lowest BCUT2D eigenvalue weighted by Gasteiger charge is -2.10. The highest BCUT2D eigenvalue weighted by Gasteiger charge is 2.19. The van der Waals surface area contributed by atoms with Crippen molar-refractivity contribution in [1.29, 1.82) is 0 Å². The molecule has 9 rings (SSSR count). The van der Waals surface area contributed by atoms with Crippen LogP contribution in [-0.2, 0) is 0 Å². The van der Waals surface area contributed by atoms with Crippen LogP contribution in [0.25, 0.3) is 89.3 Å². The SMILES string of the molecule is c1ccc(-c2ccc(-c3ccc(-c4nc(-c5ccc6ccccc6c5)nc(-c5nccc6oc7ccccc7c56)n4)cc3)cc2)cc1. The maximum Gasteiger partial charge on any atom is 0.183 e. The number of pyridine rings is 1. The van der Waals surface area contributed by atoms with Crippen LogP contribution in [0.5, 0.6) is 0 Å². The first-order chi connectivity index (χ1) is 23.3. The lowest BCUT2D eigenvalue weighted by molar-refractivity contribution is 0.668. The molecule has 0 fully saturated rings. The summed E-state index contributed by atoms with van der Waals surface area (Å²) in [5.74, 6) is 1.66. The summed E-state index contributed by atoms with van der Waals surface area (Å²) in [7, 11) is 0. The van der Waals surface area contributed by atoms with Gasteiger partial charge in [0.25, 0.3) is 0 Å². The molecule has 0 spiro atoms. The highest BCUT2D eigenvalue weighted by Crippen LogP contribution is 2.35. The molecule has 0 N–H and O–H groups in total. The molecule has 0 aliphatic rings. The lowest BCUT2D eigenvalue weighted by Crippen LogP contribution is -2.01. The number of hydrogen-bond acceptors (Lipinski definition) is 5. The molecule has 3 aromatic heterocycles. The largest absolute Gasteiger partial charge is 0.456 e. The van der Waals surface area contributed by atoms with E-state index in [1.807, 2.05) is 48.5 Å². The van der Waals surface area contributed by atoms with Gasteiger partial charge in [-0.2, -0.15) is 0 Å². The van der Waals surface area contributed by atoms with Gasteiger partial charge in [0.2, 0.25) is 0 Å². The number of hydrogen-bond donors (Lipinski definition) is 0. The van der Waals surface area contributed by atoms with Gasteiger partial charge < -0.3 is 4.42 Å². The van der Waals surface area contributed by atoms with E-state index in [4.69, 9.17) is 24.4 Å². The molecule has 0 saturated heterocycles. The smallest absolute Gasteiger partial charge is 0.183 e. The zero-order valence-corrected chi connectivity index (χ0v) is 25.2. The van der Waals surface area contributed by atoms with E-state index in [0.717, 1.165) is 55.0 Å². The first kappa shape index (κ1) is 26.9. The van der Waals surface area contributed by atoms with Crippen LogP contribution in [-0.4, -0.2) is 19.9 Å². The summed E-state index contributed by atoms with van der Waals surface area (Å²) < 4.78 is 6.17. The molecule has 6 aromatic carbocycles. The minimum Gasteiger partial charge on any atom is -0.456 e. The van der Waals surface area contributed by atoms with Crippen LogP contribution in [0, 0.1) is 0 Å². The first-order valence-electron chi connectivity index (χ1n) is 15.5. The number of para-hydroxylation sites is 1. The molecule has 0 aliphatic heterocycles. The van der Waals surface area contributed by atoms with Crippen molar-refractivity contribution in [1.82, 2.24) is 19.9 Å².